The summed E-state index contributed by atoms with van der Waals surface area (Å²) < 4.78 is 38.1. The van der Waals surface area contributed by atoms with E-state index in [9.17, 15) is 13.2 Å². The number of rotatable bonds is 5. The highest BCUT2D eigenvalue weighted by Gasteiger charge is 2.33. The van der Waals surface area contributed by atoms with Gasteiger partial charge in [-0.3, -0.25) is 0 Å². The first-order valence-corrected chi connectivity index (χ1v) is 5.43. The molecule has 0 bridgehead atoms. The predicted octanol–water partition coefficient (Wildman–Crippen LogP) is 5.19. The first-order chi connectivity index (χ1) is 7.34. The lowest BCUT2D eigenvalue weighted by Gasteiger charge is -2.14. The van der Waals surface area contributed by atoms with Crippen LogP contribution in [-0.4, -0.2) is 6.18 Å². The Bertz CT molecular complexity index is 293. The molecule has 16 heavy (non-hydrogen) atoms. The molecule has 0 aromatic carbocycles. The molecular weight excluding hydrogens is 213 g/mol. The van der Waals surface area contributed by atoms with Crippen LogP contribution in [0.25, 0.3) is 0 Å². The van der Waals surface area contributed by atoms with Crippen molar-refractivity contribution in [3.8, 4) is 0 Å². The number of halogens is 3. The molecule has 0 aliphatic rings. The normalized spacial score (nSPS) is 14.1. The van der Waals surface area contributed by atoms with Gasteiger partial charge in [0.05, 0.1) is 5.57 Å². The molecule has 0 amide bonds. The highest BCUT2D eigenvalue weighted by molar-refractivity contribution is 5.39. The molecule has 0 nitrogen and oxygen atoms in total. The molecule has 0 spiro atoms. The highest BCUT2D eigenvalue weighted by Crippen LogP contribution is 2.32. The first kappa shape index (κ1) is 15.0. The molecule has 0 radical (unpaired) electrons. The van der Waals surface area contributed by atoms with Gasteiger partial charge in [0.2, 0.25) is 0 Å². The van der Waals surface area contributed by atoms with E-state index in [1.807, 2.05) is 6.92 Å². The third kappa shape index (κ3) is 4.69. The van der Waals surface area contributed by atoms with E-state index in [-0.39, 0.29) is 5.57 Å². The molecule has 0 rings (SSSR count). The maximum Gasteiger partial charge on any atom is 0.416 e. The monoisotopic (exact) mass is 232 g/mol. The topological polar surface area (TPSA) is 0 Å². The van der Waals surface area contributed by atoms with Crippen LogP contribution < -0.4 is 0 Å². The maximum absolute atomic E-state index is 12.7. The lowest BCUT2D eigenvalue weighted by Crippen LogP contribution is -2.12. The fraction of sp³-hybridized carbons (Fsp3) is 0.538. The van der Waals surface area contributed by atoms with Crippen LogP contribution in [0.5, 0.6) is 0 Å². The zero-order chi connectivity index (χ0) is 12.8. The molecular formula is C13H19F3. The quantitative estimate of drug-likeness (QED) is 0.572. The van der Waals surface area contributed by atoms with Crippen molar-refractivity contribution in [1.29, 1.82) is 0 Å². The van der Waals surface area contributed by atoms with E-state index < -0.39 is 11.7 Å². The van der Waals surface area contributed by atoms with Crippen LogP contribution in [0.4, 0.5) is 13.2 Å². The fourth-order valence-electron chi connectivity index (χ4n) is 1.37. The van der Waals surface area contributed by atoms with Crippen molar-refractivity contribution in [2.75, 3.05) is 0 Å². The first-order valence-electron chi connectivity index (χ1n) is 5.43. The fourth-order valence-corrected chi connectivity index (χ4v) is 1.37. The van der Waals surface area contributed by atoms with Gasteiger partial charge in [-0.05, 0) is 32.3 Å². The number of hydrogen-bond acceptors (Lipinski definition) is 0. The van der Waals surface area contributed by atoms with E-state index in [1.165, 1.54) is 13.0 Å². The van der Waals surface area contributed by atoms with Crippen molar-refractivity contribution in [2.45, 2.75) is 46.2 Å². The van der Waals surface area contributed by atoms with Gasteiger partial charge in [0.1, 0.15) is 0 Å². The van der Waals surface area contributed by atoms with Crippen LogP contribution in [0.2, 0.25) is 0 Å². The van der Waals surface area contributed by atoms with Crippen LogP contribution in [0.3, 0.4) is 0 Å². The van der Waals surface area contributed by atoms with Gasteiger partial charge in [0.15, 0.2) is 0 Å². The number of unbranched alkanes of at least 4 members (excludes halogenated alkanes) is 1. The van der Waals surface area contributed by atoms with Crippen LogP contribution in [0, 0.1) is 0 Å². The highest BCUT2D eigenvalue weighted by atomic mass is 19.4. The average molecular weight is 232 g/mol. The standard InChI is InChI=1S/C13H19F3/c1-5-7-9-10(3)11(4)12(8-6-2)13(14,15)16/h6,8H,3,5,7,9H2,1-2,4H3/b8-6-,12-11-. The largest absolute Gasteiger partial charge is 0.416 e. The SMILES string of the molecule is C=C(CCCC)/C(C)=C(/C=C\C)C(F)(F)F. The van der Waals surface area contributed by atoms with Gasteiger partial charge in [0.25, 0.3) is 0 Å². The molecule has 0 saturated carbocycles. The lowest BCUT2D eigenvalue weighted by atomic mass is 9.98. The molecule has 0 atom stereocenters. The Labute approximate surface area is 95.5 Å². The zero-order valence-corrected chi connectivity index (χ0v) is 10.1. The molecule has 0 aromatic rings. The van der Waals surface area contributed by atoms with Crippen molar-refractivity contribution in [3.05, 3.63) is 35.5 Å². The summed E-state index contributed by atoms with van der Waals surface area (Å²) in [5.74, 6) is 0. The van der Waals surface area contributed by atoms with Gasteiger partial charge < -0.3 is 0 Å². The predicted molar refractivity (Wildman–Crippen MR) is 62.2 cm³/mol. The second kappa shape index (κ2) is 6.56. The van der Waals surface area contributed by atoms with Crippen molar-refractivity contribution in [2.24, 2.45) is 0 Å². The van der Waals surface area contributed by atoms with Crippen LogP contribution in [-0.2, 0) is 0 Å². The van der Waals surface area contributed by atoms with Gasteiger partial charge >= 0.3 is 6.18 Å². The molecule has 0 N–H and O–H groups in total. The maximum atomic E-state index is 12.7. The minimum Gasteiger partial charge on any atom is -0.166 e. The second-order valence-electron chi connectivity index (χ2n) is 3.74. The van der Waals surface area contributed by atoms with Gasteiger partial charge in [-0.25, -0.2) is 0 Å². The molecule has 0 aliphatic heterocycles. The van der Waals surface area contributed by atoms with Crippen LogP contribution in [0.15, 0.2) is 35.5 Å². The molecule has 0 heterocycles. The average Bonchev–Trinajstić information content (AvgIpc) is 2.19. The van der Waals surface area contributed by atoms with Crippen molar-refractivity contribution in [3.63, 3.8) is 0 Å². The summed E-state index contributed by atoms with van der Waals surface area (Å²) in [4.78, 5) is 0. The molecule has 0 fully saturated rings. The Hall–Kier alpha value is -0.990. The summed E-state index contributed by atoms with van der Waals surface area (Å²) in [5.41, 5.74) is 0.238. The van der Waals surface area contributed by atoms with E-state index in [1.54, 1.807) is 6.92 Å². The van der Waals surface area contributed by atoms with Gasteiger partial charge in [-0.2, -0.15) is 13.2 Å². The lowest BCUT2D eigenvalue weighted by molar-refractivity contribution is -0.0888. The number of hydrogen-bond donors (Lipinski definition) is 0. The van der Waals surface area contributed by atoms with Crippen molar-refractivity contribution < 1.29 is 13.2 Å². The molecule has 92 valence electrons. The summed E-state index contributed by atoms with van der Waals surface area (Å²) in [5, 5.41) is 0. The van der Waals surface area contributed by atoms with E-state index in [4.69, 9.17) is 0 Å². The third-order valence-corrected chi connectivity index (χ3v) is 2.41. The third-order valence-electron chi connectivity index (χ3n) is 2.41. The van der Waals surface area contributed by atoms with Gasteiger partial charge in [-0.15, -0.1) is 0 Å². The van der Waals surface area contributed by atoms with Crippen LogP contribution in [0.1, 0.15) is 40.0 Å². The Morgan fingerprint density at radius 1 is 1.31 bits per heavy atom. The molecule has 0 aliphatic carbocycles. The smallest absolute Gasteiger partial charge is 0.166 e. The molecule has 0 aromatic heterocycles. The van der Waals surface area contributed by atoms with E-state index >= 15 is 0 Å². The van der Waals surface area contributed by atoms with Crippen molar-refractivity contribution >= 4 is 0 Å². The zero-order valence-electron chi connectivity index (χ0n) is 10.1. The summed E-state index contributed by atoms with van der Waals surface area (Å²) in [6.07, 6.45) is 0.658. The van der Waals surface area contributed by atoms with Crippen molar-refractivity contribution in [1.82, 2.24) is 0 Å². The molecule has 3 heteroatoms. The van der Waals surface area contributed by atoms with E-state index in [0.717, 1.165) is 18.9 Å². The Balaban J connectivity index is 5.05. The Morgan fingerprint density at radius 2 is 1.88 bits per heavy atom. The number of alkyl halides is 3. The summed E-state index contributed by atoms with van der Waals surface area (Å²) >= 11 is 0. The van der Waals surface area contributed by atoms with E-state index in [0.29, 0.717) is 12.0 Å². The Kier molecular flexibility index (Phi) is 6.16. The second-order valence-corrected chi connectivity index (χ2v) is 3.74. The number of allylic oxidation sites excluding steroid dienone is 5. The molecule has 0 saturated heterocycles. The Morgan fingerprint density at radius 3 is 2.25 bits per heavy atom. The van der Waals surface area contributed by atoms with E-state index in [2.05, 4.69) is 6.58 Å². The summed E-state index contributed by atoms with van der Waals surface area (Å²) in [7, 11) is 0. The summed E-state index contributed by atoms with van der Waals surface area (Å²) in [6, 6.07) is 0. The van der Waals surface area contributed by atoms with Gasteiger partial charge in [0, 0.05) is 0 Å². The minimum atomic E-state index is -4.30. The minimum absolute atomic E-state index is 0.249. The molecule has 0 unspecified atom stereocenters. The van der Waals surface area contributed by atoms with Gasteiger partial charge in [-0.1, -0.05) is 37.6 Å². The van der Waals surface area contributed by atoms with Crippen LogP contribution >= 0.6 is 0 Å². The summed E-state index contributed by atoms with van der Waals surface area (Å²) in [6.45, 7) is 8.78.